The van der Waals surface area contributed by atoms with Crippen LogP contribution in [0.1, 0.15) is 12.8 Å². The highest BCUT2D eigenvalue weighted by atomic mass is 16.1. The summed E-state index contributed by atoms with van der Waals surface area (Å²) in [5, 5.41) is 2.71. The zero-order chi connectivity index (χ0) is 6.69. The number of rotatable bonds is 0. The highest BCUT2D eigenvalue weighted by Gasteiger charge is 2.13. The molecule has 3 heteroatoms. The molecule has 0 aromatic carbocycles. The Balaban J connectivity index is 2.60. The number of aliphatic imine (C=N–C) groups is 1. The quantitative estimate of drug-likeness (QED) is 0.486. The molecule has 0 aromatic rings. The summed E-state index contributed by atoms with van der Waals surface area (Å²) < 4.78 is 0. The molecule has 0 unspecified atom stereocenters. The summed E-state index contributed by atoms with van der Waals surface area (Å²) in [6.45, 7) is 0.803. The smallest absolute Gasteiger partial charge is 0.265 e. The Morgan fingerprint density at radius 2 is 2.44 bits per heavy atom. The van der Waals surface area contributed by atoms with Gasteiger partial charge in [-0.2, -0.15) is 0 Å². The van der Waals surface area contributed by atoms with Crippen molar-refractivity contribution in [2.24, 2.45) is 4.99 Å². The van der Waals surface area contributed by atoms with Crippen LogP contribution in [0, 0.1) is 0 Å². The molecule has 9 heavy (non-hydrogen) atoms. The normalized spacial score (nSPS) is 24.1. The average molecular weight is 126 g/mol. The fraction of sp³-hybridized carbons (Fsp3) is 0.667. The van der Waals surface area contributed by atoms with E-state index in [2.05, 4.69) is 10.3 Å². The van der Waals surface area contributed by atoms with Crippen molar-refractivity contribution < 1.29 is 4.79 Å². The maximum absolute atomic E-state index is 10.8. The highest BCUT2D eigenvalue weighted by molar-refractivity contribution is 6.39. The van der Waals surface area contributed by atoms with Crippen molar-refractivity contribution in [2.75, 3.05) is 13.6 Å². The first-order valence-electron chi connectivity index (χ1n) is 3.08. The van der Waals surface area contributed by atoms with E-state index < -0.39 is 0 Å². The molecule has 0 radical (unpaired) electrons. The Morgan fingerprint density at radius 1 is 1.67 bits per heavy atom. The average Bonchev–Trinajstić information content (AvgIpc) is 1.89. The largest absolute Gasteiger partial charge is 0.351 e. The number of nitrogens with zero attached hydrogens (tertiary/aromatic N) is 1. The van der Waals surface area contributed by atoms with E-state index in [4.69, 9.17) is 0 Å². The number of hydrogen-bond acceptors (Lipinski definition) is 2. The van der Waals surface area contributed by atoms with Crippen LogP contribution in [-0.4, -0.2) is 25.2 Å². The van der Waals surface area contributed by atoms with Crippen molar-refractivity contribution >= 4 is 11.6 Å². The van der Waals surface area contributed by atoms with Crippen LogP contribution in [0.4, 0.5) is 0 Å². The van der Waals surface area contributed by atoms with Crippen LogP contribution in [0.15, 0.2) is 4.99 Å². The van der Waals surface area contributed by atoms with Gasteiger partial charge in [-0.3, -0.25) is 9.79 Å². The zero-order valence-corrected chi connectivity index (χ0v) is 5.48. The molecule has 0 bridgehead atoms. The number of piperidine rings is 1. The van der Waals surface area contributed by atoms with Gasteiger partial charge in [0.25, 0.3) is 5.91 Å². The van der Waals surface area contributed by atoms with E-state index in [9.17, 15) is 4.79 Å². The lowest BCUT2D eigenvalue weighted by atomic mass is 10.1. The van der Waals surface area contributed by atoms with Crippen molar-refractivity contribution in [1.29, 1.82) is 0 Å². The van der Waals surface area contributed by atoms with E-state index >= 15 is 0 Å². The molecule has 1 amide bonds. The predicted octanol–water partition coefficient (Wildman–Crippen LogP) is -0.0328. The van der Waals surface area contributed by atoms with Gasteiger partial charge < -0.3 is 5.32 Å². The molecule has 1 N–H and O–H groups in total. The second kappa shape index (κ2) is 2.62. The van der Waals surface area contributed by atoms with Gasteiger partial charge in [-0.25, -0.2) is 0 Å². The van der Waals surface area contributed by atoms with Gasteiger partial charge in [0, 0.05) is 13.6 Å². The van der Waals surface area contributed by atoms with Crippen LogP contribution in [0.2, 0.25) is 0 Å². The van der Waals surface area contributed by atoms with Gasteiger partial charge in [0.1, 0.15) is 0 Å². The fourth-order valence-corrected chi connectivity index (χ4v) is 0.887. The van der Waals surface area contributed by atoms with E-state index in [0.717, 1.165) is 19.4 Å². The minimum Gasteiger partial charge on any atom is -0.351 e. The lowest BCUT2D eigenvalue weighted by Gasteiger charge is -2.12. The van der Waals surface area contributed by atoms with E-state index in [1.165, 1.54) is 0 Å². The Labute approximate surface area is 54.2 Å². The van der Waals surface area contributed by atoms with Crippen LogP contribution >= 0.6 is 0 Å². The number of carbonyl (C=O) groups is 1. The molecule has 0 aromatic heterocycles. The number of hydrogen-bond donors (Lipinski definition) is 1. The molecule has 0 aliphatic carbocycles. The molecule has 1 rings (SSSR count). The molecule has 1 fully saturated rings. The van der Waals surface area contributed by atoms with Crippen LogP contribution in [0.5, 0.6) is 0 Å². The Kier molecular flexibility index (Phi) is 1.82. The van der Waals surface area contributed by atoms with Crippen LogP contribution in [-0.2, 0) is 4.79 Å². The van der Waals surface area contributed by atoms with Crippen LogP contribution in [0.3, 0.4) is 0 Å². The third-order valence-electron chi connectivity index (χ3n) is 1.41. The van der Waals surface area contributed by atoms with Gasteiger partial charge in [0.15, 0.2) is 0 Å². The molecule has 50 valence electrons. The molecule has 1 aliphatic rings. The van der Waals surface area contributed by atoms with Crippen molar-refractivity contribution in [1.82, 2.24) is 5.32 Å². The second-order valence-electron chi connectivity index (χ2n) is 2.03. The summed E-state index contributed by atoms with van der Waals surface area (Å²) in [7, 11) is 1.65. The molecule has 3 nitrogen and oxygen atoms in total. The second-order valence-corrected chi connectivity index (χ2v) is 2.03. The Morgan fingerprint density at radius 3 is 2.89 bits per heavy atom. The lowest BCUT2D eigenvalue weighted by molar-refractivity contribution is -0.115. The topological polar surface area (TPSA) is 41.5 Å². The fourth-order valence-electron chi connectivity index (χ4n) is 0.887. The van der Waals surface area contributed by atoms with Crippen molar-refractivity contribution in [2.45, 2.75) is 12.8 Å². The number of nitrogens with one attached hydrogen (secondary N) is 1. The SMILES string of the molecule is CN=C1CCCNC1=O. The monoisotopic (exact) mass is 126 g/mol. The summed E-state index contributed by atoms with van der Waals surface area (Å²) in [4.78, 5) is 14.6. The van der Waals surface area contributed by atoms with Gasteiger partial charge in [0.2, 0.25) is 0 Å². The standard InChI is InChI=1S/C6H10N2O/c1-7-5-3-2-4-8-6(5)9/h2-4H2,1H3,(H,8,9). The molecule has 1 saturated heterocycles. The molecular weight excluding hydrogens is 116 g/mol. The minimum absolute atomic E-state index is 0.00347. The van der Waals surface area contributed by atoms with E-state index in [1.807, 2.05) is 0 Å². The molecule has 0 spiro atoms. The number of carbonyl (C=O) groups excluding carboxylic acids is 1. The molecular formula is C6H10N2O. The maximum Gasteiger partial charge on any atom is 0.265 e. The first-order valence-corrected chi connectivity index (χ1v) is 3.08. The van der Waals surface area contributed by atoms with E-state index in [1.54, 1.807) is 7.05 Å². The van der Waals surface area contributed by atoms with Crippen LogP contribution in [0.25, 0.3) is 0 Å². The molecule has 0 atom stereocenters. The van der Waals surface area contributed by atoms with E-state index in [-0.39, 0.29) is 5.91 Å². The van der Waals surface area contributed by atoms with E-state index in [0.29, 0.717) is 5.71 Å². The first-order chi connectivity index (χ1) is 4.34. The van der Waals surface area contributed by atoms with Crippen molar-refractivity contribution in [3.8, 4) is 0 Å². The van der Waals surface area contributed by atoms with Gasteiger partial charge in [-0.15, -0.1) is 0 Å². The first kappa shape index (κ1) is 6.26. The molecule has 1 aliphatic heterocycles. The molecule has 1 heterocycles. The Bertz CT molecular complexity index is 151. The maximum atomic E-state index is 10.8. The van der Waals surface area contributed by atoms with Gasteiger partial charge in [-0.1, -0.05) is 0 Å². The van der Waals surface area contributed by atoms with Gasteiger partial charge in [0.05, 0.1) is 5.71 Å². The van der Waals surface area contributed by atoms with Crippen LogP contribution < -0.4 is 5.32 Å². The minimum atomic E-state index is 0.00347. The summed E-state index contributed by atoms with van der Waals surface area (Å²) >= 11 is 0. The third-order valence-corrected chi connectivity index (χ3v) is 1.41. The Hall–Kier alpha value is -0.860. The van der Waals surface area contributed by atoms with Crippen molar-refractivity contribution in [3.05, 3.63) is 0 Å². The predicted molar refractivity (Wildman–Crippen MR) is 35.6 cm³/mol. The van der Waals surface area contributed by atoms with Gasteiger partial charge in [-0.05, 0) is 12.8 Å². The van der Waals surface area contributed by atoms with Gasteiger partial charge >= 0.3 is 0 Å². The third kappa shape index (κ3) is 1.28. The number of amides is 1. The summed E-state index contributed by atoms with van der Waals surface area (Å²) in [6.07, 6.45) is 1.86. The summed E-state index contributed by atoms with van der Waals surface area (Å²) in [5.41, 5.74) is 0.682. The highest BCUT2D eigenvalue weighted by Crippen LogP contribution is 1.97. The lowest BCUT2D eigenvalue weighted by Crippen LogP contribution is -2.36. The summed E-state index contributed by atoms with van der Waals surface area (Å²) in [5.74, 6) is 0.00347. The van der Waals surface area contributed by atoms with Crippen molar-refractivity contribution in [3.63, 3.8) is 0 Å². The summed E-state index contributed by atoms with van der Waals surface area (Å²) in [6, 6.07) is 0. The molecule has 0 saturated carbocycles. The zero-order valence-electron chi connectivity index (χ0n) is 5.48.